The molecule has 0 radical (unpaired) electrons. The Hall–Kier alpha value is -2.99. The SMILES string of the molecule is O=C1S/C(=C\c2cn(Cc3ccc(Cl)cc3Cl)c3ccccc23)C(=O)N1Cc1ccccc1. The van der Waals surface area contributed by atoms with Crippen molar-refractivity contribution in [2.24, 2.45) is 0 Å². The van der Waals surface area contributed by atoms with Gasteiger partial charge in [-0.25, -0.2) is 0 Å². The molecule has 1 aliphatic rings. The summed E-state index contributed by atoms with van der Waals surface area (Å²) < 4.78 is 2.09. The molecule has 0 spiro atoms. The van der Waals surface area contributed by atoms with Gasteiger partial charge in [-0.1, -0.05) is 77.8 Å². The third-order valence-electron chi connectivity index (χ3n) is 5.52. The first-order valence-corrected chi connectivity index (χ1v) is 11.9. The van der Waals surface area contributed by atoms with Crippen LogP contribution in [0, 0.1) is 0 Å². The Morgan fingerprint density at radius 1 is 0.879 bits per heavy atom. The first kappa shape index (κ1) is 21.8. The van der Waals surface area contributed by atoms with Crippen molar-refractivity contribution >= 4 is 63.1 Å². The van der Waals surface area contributed by atoms with Crippen LogP contribution in [0.2, 0.25) is 10.0 Å². The van der Waals surface area contributed by atoms with Crippen LogP contribution in [0.15, 0.2) is 83.9 Å². The summed E-state index contributed by atoms with van der Waals surface area (Å²) in [6.07, 6.45) is 3.79. The number of benzene rings is 3. The van der Waals surface area contributed by atoms with Crippen molar-refractivity contribution in [2.45, 2.75) is 13.1 Å². The van der Waals surface area contributed by atoms with Crippen LogP contribution in [0.5, 0.6) is 0 Å². The molecule has 0 bridgehead atoms. The molecule has 0 aliphatic carbocycles. The minimum Gasteiger partial charge on any atom is -0.342 e. The van der Waals surface area contributed by atoms with Gasteiger partial charge < -0.3 is 4.57 Å². The molecule has 164 valence electrons. The fraction of sp³-hybridized carbons (Fsp3) is 0.0769. The lowest BCUT2D eigenvalue weighted by atomic mass is 10.1. The van der Waals surface area contributed by atoms with Gasteiger partial charge in [0.2, 0.25) is 0 Å². The second kappa shape index (κ2) is 9.10. The van der Waals surface area contributed by atoms with Gasteiger partial charge in [0, 0.05) is 39.3 Å². The van der Waals surface area contributed by atoms with E-state index in [0.29, 0.717) is 21.5 Å². The number of imide groups is 1. The topological polar surface area (TPSA) is 42.3 Å². The maximum Gasteiger partial charge on any atom is 0.293 e. The van der Waals surface area contributed by atoms with Crippen molar-refractivity contribution in [3.05, 3.63) is 111 Å². The van der Waals surface area contributed by atoms with E-state index in [1.54, 1.807) is 12.1 Å². The Morgan fingerprint density at radius 3 is 2.42 bits per heavy atom. The molecule has 2 amide bonds. The fourth-order valence-corrected chi connectivity index (χ4v) is 5.20. The van der Waals surface area contributed by atoms with Gasteiger partial charge in [0.05, 0.1) is 11.4 Å². The molecule has 1 fully saturated rings. The van der Waals surface area contributed by atoms with Gasteiger partial charge in [-0.05, 0) is 47.2 Å². The number of amides is 2. The Balaban J connectivity index is 1.48. The van der Waals surface area contributed by atoms with Gasteiger partial charge in [-0.2, -0.15) is 0 Å². The number of carbonyl (C=O) groups excluding carboxylic acids is 2. The molecule has 0 unspecified atom stereocenters. The van der Waals surface area contributed by atoms with Gasteiger partial charge in [0.15, 0.2) is 0 Å². The number of carbonyl (C=O) groups is 2. The summed E-state index contributed by atoms with van der Waals surface area (Å²) in [6.45, 7) is 0.819. The summed E-state index contributed by atoms with van der Waals surface area (Å²) in [5.41, 5.74) is 3.74. The number of rotatable bonds is 5. The number of hydrogen-bond acceptors (Lipinski definition) is 3. The van der Waals surface area contributed by atoms with Crippen LogP contribution in [0.25, 0.3) is 17.0 Å². The van der Waals surface area contributed by atoms with Crippen molar-refractivity contribution in [1.29, 1.82) is 0 Å². The first-order valence-electron chi connectivity index (χ1n) is 10.3. The lowest BCUT2D eigenvalue weighted by Gasteiger charge is -2.12. The highest BCUT2D eigenvalue weighted by Gasteiger charge is 2.35. The largest absolute Gasteiger partial charge is 0.342 e. The fourth-order valence-electron chi connectivity index (χ4n) is 3.90. The average molecular weight is 493 g/mol. The predicted molar refractivity (Wildman–Crippen MR) is 135 cm³/mol. The summed E-state index contributed by atoms with van der Waals surface area (Å²) >= 11 is 13.4. The first-order chi connectivity index (χ1) is 16.0. The Labute approximate surface area is 205 Å². The normalized spacial score (nSPS) is 15.2. The van der Waals surface area contributed by atoms with Gasteiger partial charge in [0.25, 0.3) is 11.1 Å². The lowest BCUT2D eigenvalue weighted by molar-refractivity contribution is -0.123. The monoisotopic (exact) mass is 492 g/mol. The van der Waals surface area contributed by atoms with Gasteiger partial charge in [-0.3, -0.25) is 14.5 Å². The summed E-state index contributed by atoms with van der Waals surface area (Å²) in [4.78, 5) is 27.3. The van der Waals surface area contributed by atoms with Crippen molar-refractivity contribution in [1.82, 2.24) is 9.47 Å². The zero-order valence-electron chi connectivity index (χ0n) is 17.4. The molecule has 5 rings (SSSR count). The van der Waals surface area contributed by atoms with Crippen LogP contribution in [0.4, 0.5) is 4.79 Å². The third-order valence-corrected chi connectivity index (χ3v) is 7.01. The molecule has 1 aliphatic heterocycles. The van der Waals surface area contributed by atoms with Crippen LogP contribution in [-0.4, -0.2) is 20.6 Å². The van der Waals surface area contributed by atoms with E-state index in [0.717, 1.165) is 39.4 Å². The quantitative estimate of drug-likeness (QED) is 0.276. The van der Waals surface area contributed by atoms with Gasteiger partial charge in [0.1, 0.15) is 0 Å². The Bertz CT molecular complexity index is 1410. The highest BCUT2D eigenvalue weighted by molar-refractivity contribution is 8.18. The van der Waals surface area contributed by atoms with Crippen LogP contribution >= 0.6 is 35.0 Å². The number of para-hydroxylation sites is 1. The van der Waals surface area contributed by atoms with Crippen LogP contribution in [0.3, 0.4) is 0 Å². The number of aromatic nitrogens is 1. The minimum absolute atomic E-state index is 0.258. The summed E-state index contributed by atoms with van der Waals surface area (Å²) in [6, 6.07) is 22.9. The number of nitrogens with zero attached hydrogens (tertiary/aromatic N) is 2. The highest BCUT2D eigenvalue weighted by Crippen LogP contribution is 2.35. The van der Waals surface area contributed by atoms with E-state index in [-0.39, 0.29) is 17.7 Å². The van der Waals surface area contributed by atoms with Crippen molar-refractivity contribution in [3.63, 3.8) is 0 Å². The number of thioether (sulfide) groups is 1. The van der Waals surface area contributed by atoms with Gasteiger partial charge in [-0.15, -0.1) is 0 Å². The molecule has 7 heteroatoms. The lowest BCUT2D eigenvalue weighted by Crippen LogP contribution is -2.27. The van der Waals surface area contributed by atoms with Crippen molar-refractivity contribution in [2.75, 3.05) is 0 Å². The molecular formula is C26H18Cl2N2O2S. The Morgan fingerprint density at radius 2 is 1.64 bits per heavy atom. The molecule has 33 heavy (non-hydrogen) atoms. The molecule has 2 heterocycles. The molecule has 4 aromatic rings. The van der Waals surface area contributed by atoms with E-state index < -0.39 is 0 Å². The molecule has 4 nitrogen and oxygen atoms in total. The van der Waals surface area contributed by atoms with Crippen molar-refractivity contribution < 1.29 is 9.59 Å². The summed E-state index contributed by atoms with van der Waals surface area (Å²) in [5, 5.41) is 1.93. The molecular weight excluding hydrogens is 475 g/mol. The number of halogens is 2. The zero-order chi connectivity index (χ0) is 22.9. The molecule has 1 aromatic heterocycles. The third kappa shape index (κ3) is 4.44. The minimum atomic E-state index is -0.272. The number of hydrogen-bond donors (Lipinski definition) is 0. The van der Waals surface area contributed by atoms with E-state index in [9.17, 15) is 9.59 Å². The second-order valence-electron chi connectivity index (χ2n) is 7.72. The van der Waals surface area contributed by atoms with Crippen LogP contribution in [-0.2, 0) is 17.9 Å². The second-order valence-corrected chi connectivity index (χ2v) is 9.56. The van der Waals surface area contributed by atoms with E-state index in [2.05, 4.69) is 4.57 Å². The standard InChI is InChI=1S/C26H18Cl2N2O2S/c27-20-11-10-18(22(28)13-20)15-29-16-19(21-8-4-5-9-23(21)29)12-24-25(31)30(26(32)33-24)14-17-6-2-1-3-7-17/h1-13,16H,14-15H2/b24-12-. The molecule has 0 atom stereocenters. The van der Waals surface area contributed by atoms with E-state index in [1.165, 1.54) is 4.90 Å². The zero-order valence-corrected chi connectivity index (χ0v) is 19.7. The average Bonchev–Trinajstić information content (AvgIpc) is 3.28. The number of fused-ring (bicyclic) bond motifs is 1. The van der Waals surface area contributed by atoms with E-state index in [4.69, 9.17) is 23.2 Å². The maximum absolute atomic E-state index is 13.0. The van der Waals surface area contributed by atoms with E-state index >= 15 is 0 Å². The maximum atomic E-state index is 13.0. The van der Waals surface area contributed by atoms with Crippen LogP contribution < -0.4 is 0 Å². The summed E-state index contributed by atoms with van der Waals surface area (Å²) in [5.74, 6) is -0.272. The van der Waals surface area contributed by atoms with Crippen LogP contribution in [0.1, 0.15) is 16.7 Å². The predicted octanol–water partition coefficient (Wildman–Crippen LogP) is 7.23. The molecule has 3 aromatic carbocycles. The molecule has 1 saturated heterocycles. The Kier molecular flexibility index (Phi) is 6.02. The molecule has 0 N–H and O–H groups in total. The van der Waals surface area contributed by atoms with E-state index in [1.807, 2.05) is 72.9 Å². The summed E-state index contributed by atoms with van der Waals surface area (Å²) in [7, 11) is 0. The molecule has 0 saturated carbocycles. The highest BCUT2D eigenvalue weighted by atomic mass is 35.5. The smallest absolute Gasteiger partial charge is 0.293 e. The van der Waals surface area contributed by atoms with Gasteiger partial charge >= 0.3 is 0 Å². The van der Waals surface area contributed by atoms with Crippen molar-refractivity contribution in [3.8, 4) is 0 Å².